The molecule has 0 unspecified atom stereocenters. The van der Waals surface area contributed by atoms with Crippen molar-refractivity contribution < 1.29 is 4.74 Å². The largest absolute Gasteiger partial charge is 0.489 e. The SMILES string of the molecule is Cc1c(Cl)cccc1NCc1c(OCc2ccc(Cl)cc2)ccc2ccccc12. The van der Waals surface area contributed by atoms with Gasteiger partial charge in [0.1, 0.15) is 12.4 Å². The molecular formula is C25H21Cl2NO. The number of anilines is 1. The molecule has 0 bridgehead atoms. The van der Waals surface area contributed by atoms with Crippen LogP contribution in [0.2, 0.25) is 10.0 Å². The first-order valence-corrected chi connectivity index (χ1v) is 10.2. The van der Waals surface area contributed by atoms with Gasteiger partial charge in [-0.1, -0.05) is 71.7 Å². The number of halogens is 2. The van der Waals surface area contributed by atoms with E-state index in [1.54, 1.807) is 0 Å². The number of ether oxygens (including phenoxy) is 1. The number of fused-ring (bicyclic) bond motifs is 1. The van der Waals surface area contributed by atoms with Crippen LogP contribution in [-0.2, 0) is 13.2 Å². The first-order chi connectivity index (χ1) is 14.1. The van der Waals surface area contributed by atoms with E-state index in [-0.39, 0.29) is 0 Å². The zero-order valence-electron chi connectivity index (χ0n) is 16.1. The van der Waals surface area contributed by atoms with E-state index < -0.39 is 0 Å². The third-order valence-electron chi connectivity index (χ3n) is 5.03. The third kappa shape index (κ3) is 4.50. The molecule has 1 N–H and O–H groups in total. The van der Waals surface area contributed by atoms with Crippen LogP contribution in [0.15, 0.2) is 78.9 Å². The molecular weight excluding hydrogens is 401 g/mol. The summed E-state index contributed by atoms with van der Waals surface area (Å²) in [5.74, 6) is 0.867. The highest BCUT2D eigenvalue weighted by Crippen LogP contribution is 2.31. The molecule has 2 nitrogen and oxygen atoms in total. The zero-order valence-corrected chi connectivity index (χ0v) is 17.6. The number of hydrogen-bond acceptors (Lipinski definition) is 2. The Labute approximate surface area is 181 Å². The van der Waals surface area contributed by atoms with Gasteiger partial charge in [-0.05, 0) is 59.2 Å². The van der Waals surface area contributed by atoms with Gasteiger partial charge in [0.15, 0.2) is 0 Å². The lowest BCUT2D eigenvalue weighted by atomic mass is 10.0. The molecule has 0 aliphatic rings. The highest BCUT2D eigenvalue weighted by Gasteiger charge is 2.11. The molecule has 0 atom stereocenters. The van der Waals surface area contributed by atoms with E-state index in [0.29, 0.717) is 13.2 Å². The molecule has 0 saturated heterocycles. The average Bonchev–Trinajstić information content (AvgIpc) is 2.74. The molecule has 0 fully saturated rings. The van der Waals surface area contributed by atoms with Gasteiger partial charge in [-0.15, -0.1) is 0 Å². The van der Waals surface area contributed by atoms with Crippen molar-refractivity contribution in [2.75, 3.05) is 5.32 Å². The molecule has 29 heavy (non-hydrogen) atoms. The Morgan fingerprint density at radius 2 is 1.62 bits per heavy atom. The van der Waals surface area contributed by atoms with Crippen LogP contribution in [0.3, 0.4) is 0 Å². The zero-order chi connectivity index (χ0) is 20.2. The Morgan fingerprint density at radius 1 is 0.828 bits per heavy atom. The minimum atomic E-state index is 0.485. The van der Waals surface area contributed by atoms with Crippen molar-refractivity contribution >= 4 is 39.7 Å². The van der Waals surface area contributed by atoms with E-state index in [1.807, 2.05) is 55.5 Å². The van der Waals surface area contributed by atoms with Crippen LogP contribution in [0.25, 0.3) is 10.8 Å². The molecule has 0 spiro atoms. The Bertz CT molecular complexity index is 1140. The highest BCUT2D eigenvalue weighted by atomic mass is 35.5. The third-order valence-corrected chi connectivity index (χ3v) is 5.69. The van der Waals surface area contributed by atoms with Gasteiger partial charge in [-0.2, -0.15) is 0 Å². The molecule has 0 saturated carbocycles. The van der Waals surface area contributed by atoms with Crippen LogP contribution in [0.4, 0.5) is 5.69 Å². The number of rotatable bonds is 6. The van der Waals surface area contributed by atoms with Gasteiger partial charge in [-0.25, -0.2) is 0 Å². The summed E-state index contributed by atoms with van der Waals surface area (Å²) < 4.78 is 6.20. The Balaban J connectivity index is 1.63. The van der Waals surface area contributed by atoms with E-state index in [1.165, 1.54) is 10.8 Å². The lowest BCUT2D eigenvalue weighted by Crippen LogP contribution is -2.05. The summed E-state index contributed by atoms with van der Waals surface area (Å²) >= 11 is 12.3. The van der Waals surface area contributed by atoms with Gasteiger partial charge in [0.05, 0.1) is 0 Å². The minimum Gasteiger partial charge on any atom is -0.489 e. The van der Waals surface area contributed by atoms with Crippen LogP contribution >= 0.6 is 23.2 Å². The van der Waals surface area contributed by atoms with Gasteiger partial charge in [-0.3, -0.25) is 0 Å². The fraction of sp³-hybridized carbons (Fsp3) is 0.120. The summed E-state index contributed by atoms with van der Waals surface area (Å²) in [6.45, 7) is 3.14. The maximum absolute atomic E-state index is 6.28. The van der Waals surface area contributed by atoms with E-state index in [4.69, 9.17) is 27.9 Å². The summed E-state index contributed by atoms with van der Waals surface area (Å²) in [5, 5.41) is 7.37. The van der Waals surface area contributed by atoms with Crippen LogP contribution in [-0.4, -0.2) is 0 Å². The van der Waals surface area contributed by atoms with Crippen molar-refractivity contribution in [1.82, 2.24) is 0 Å². The molecule has 4 rings (SSSR count). The maximum atomic E-state index is 6.28. The lowest BCUT2D eigenvalue weighted by molar-refractivity contribution is 0.304. The minimum absolute atomic E-state index is 0.485. The van der Waals surface area contributed by atoms with Crippen molar-refractivity contribution in [1.29, 1.82) is 0 Å². The Hall–Kier alpha value is -2.68. The maximum Gasteiger partial charge on any atom is 0.125 e. The van der Waals surface area contributed by atoms with Gasteiger partial charge >= 0.3 is 0 Å². The molecule has 0 heterocycles. The van der Waals surface area contributed by atoms with E-state index in [0.717, 1.165) is 38.2 Å². The number of benzene rings is 4. The predicted octanol–water partition coefficient (Wildman–Crippen LogP) is 7.65. The van der Waals surface area contributed by atoms with E-state index >= 15 is 0 Å². The molecule has 0 aliphatic heterocycles. The van der Waals surface area contributed by atoms with E-state index in [2.05, 4.69) is 35.6 Å². The quantitative estimate of drug-likeness (QED) is 0.345. The molecule has 146 valence electrons. The Morgan fingerprint density at radius 3 is 2.45 bits per heavy atom. The van der Waals surface area contributed by atoms with Gasteiger partial charge in [0.2, 0.25) is 0 Å². The Kier molecular flexibility index (Phi) is 5.94. The molecule has 4 aromatic carbocycles. The topological polar surface area (TPSA) is 21.3 Å². The fourth-order valence-electron chi connectivity index (χ4n) is 3.36. The van der Waals surface area contributed by atoms with Crippen LogP contribution < -0.4 is 10.1 Å². The highest BCUT2D eigenvalue weighted by molar-refractivity contribution is 6.31. The standard InChI is InChI=1S/C25H21Cl2NO/c1-17-23(27)7-4-8-24(17)28-15-22-21-6-3-2-5-19(21)11-14-25(22)29-16-18-9-12-20(26)13-10-18/h2-14,28H,15-16H2,1H3. The first-order valence-electron chi connectivity index (χ1n) is 9.48. The number of hydrogen-bond donors (Lipinski definition) is 1. The van der Waals surface area contributed by atoms with Crippen molar-refractivity contribution in [3.8, 4) is 5.75 Å². The summed E-state index contributed by atoms with van der Waals surface area (Å²) in [5.41, 5.74) is 4.26. The second-order valence-corrected chi connectivity index (χ2v) is 7.79. The molecule has 4 heteroatoms. The number of nitrogens with one attached hydrogen (secondary N) is 1. The molecule has 0 radical (unpaired) electrons. The fourth-order valence-corrected chi connectivity index (χ4v) is 3.66. The summed E-state index contributed by atoms with van der Waals surface area (Å²) in [4.78, 5) is 0. The first kappa shape index (κ1) is 19.6. The molecule has 4 aromatic rings. The smallest absolute Gasteiger partial charge is 0.125 e. The summed E-state index contributed by atoms with van der Waals surface area (Å²) in [6.07, 6.45) is 0. The molecule has 0 amide bonds. The summed E-state index contributed by atoms with van der Waals surface area (Å²) in [7, 11) is 0. The van der Waals surface area contributed by atoms with Crippen LogP contribution in [0.5, 0.6) is 5.75 Å². The van der Waals surface area contributed by atoms with E-state index in [9.17, 15) is 0 Å². The van der Waals surface area contributed by atoms with Gasteiger partial charge < -0.3 is 10.1 Å². The molecule has 0 aliphatic carbocycles. The second-order valence-electron chi connectivity index (χ2n) is 6.94. The van der Waals surface area contributed by atoms with Crippen molar-refractivity contribution in [2.24, 2.45) is 0 Å². The van der Waals surface area contributed by atoms with Crippen LogP contribution in [0.1, 0.15) is 16.7 Å². The predicted molar refractivity (Wildman–Crippen MR) is 123 cm³/mol. The molecule has 0 aromatic heterocycles. The van der Waals surface area contributed by atoms with Crippen molar-refractivity contribution in [3.63, 3.8) is 0 Å². The van der Waals surface area contributed by atoms with Gasteiger partial charge in [0, 0.05) is 27.8 Å². The van der Waals surface area contributed by atoms with Crippen LogP contribution in [0, 0.1) is 6.92 Å². The van der Waals surface area contributed by atoms with Crippen molar-refractivity contribution in [3.05, 3.63) is 106 Å². The van der Waals surface area contributed by atoms with Gasteiger partial charge in [0.25, 0.3) is 0 Å². The monoisotopic (exact) mass is 421 g/mol. The second kappa shape index (κ2) is 8.77. The van der Waals surface area contributed by atoms with Crippen molar-refractivity contribution in [2.45, 2.75) is 20.1 Å². The summed E-state index contributed by atoms with van der Waals surface area (Å²) in [6, 6.07) is 26.1. The lowest BCUT2D eigenvalue weighted by Gasteiger charge is -2.17. The average molecular weight is 422 g/mol. The normalized spacial score (nSPS) is 10.9.